The van der Waals surface area contributed by atoms with Crippen molar-refractivity contribution in [1.29, 1.82) is 0 Å². The summed E-state index contributed by atoms with van der Waals surface area (Å²) in [6.07, 6.45) is 2.56. The van der Waals surface area contributed by atoms with Crippen LogP contribution in [0.2, 0.25) is 5.02 Å². The van der Waals surface area contributed by atoms with E-state index >= 15 is 0 Å². The van der Waals surface area contributed by atoms with E-state index in [2.05, 4.69) is 31.1 Å². The molecule has 0 fully saturated rings. The SMILES string of the molecule is Cc1cc(Cl)ccc1-c1cnc(CCNC(C)(C)C)o1. The first kappa shape index (κ1) is 15.1. The third-order valence-electron chi connectivity index (χ3n) is 3.00. The Bertz CT molecular complexity index is 584. The third kappa shape index (κ3) is 4.09. The van der Waals surface area contributed by atoms with E-state index in [1.165, 1.54) is 0 Å². The molecule has 1 N–H and O–H groups in total. The number of nitrogens with one attached hydrogen (secondary N) is 1. The van der Waals surface area contributed by atoms with E-state index in [0.717, 1.165) is 40.8 Å². The lowest BCUT2D eigenvalue weighted by Gasteiger charge is -2.19. The molecule has 1 heterocycles. The second-order valence-electron chi connectivity index (χ2n) is 6.00. The molecule has 0 aliphatic heterocycles. The highest BCUT2D eigenvalue weighted by atomic mass is 35.5. The van der Waals surface area contributed by atoms with Crippen LogP contribution in [0.5, 0.6) is 0 Å². The first-order chi connectivity index (χ1) is 9.35. The van der Waals surface area contributed by atoms with Crippen molar-refractivity contribution in [2.75, 3.05) is 6.54 Å². The Hall–Kier alpha value is -1.32. The molecule has 1 aromatic heterocycles. The minimum Gasteiger partial charge on any atom is -0.441 e. The van der Waals surface area contributed by atoms with E-state index in [-0.39, 0.29) is 5.54 Å². The number of oxazole rings is 1. The fourth-order valence-corrected chi connectivity index (χ4v) is 2.22. The summed E-state index contributed by atoms with van der Waals surface area (Å²) in [5, 5.41) is 4.16. The molecule has 0 atom stereocenters. The molecule has 108 valence electrons. The largest absolute Gasteiger partial charge is 0.441 e. The van der Waals surface area contributed by atoms with E-state index in [9.17, 15) is 0 Å². The summed E-state index contributed by atoms with van der Waals surface area (Å²) in [6, 6.07) is 5.77. The Morgan fingerprint density at radius 3 is 2.70 bits per heavy atom. The average molecular weight is 293 g/mol. The van der Waals surface area contributed by atoms with E-state index < -0.39 is 0 Å². The van der Waals surface area contributed by atoms with Crippen molar-refractivity contribution in [3.8, 4) is 11.3 Å². The van der Waals surface area contributed by atoms with E-state index in [0.29, 0.717) is 0 Å². The number of hydrogen-bond donors (Lipinski definition) is 1. The Labute approximate surface area is 125 Å². The predicted molar refractivity (Wildman–Crippen MR) is 83.1 cm³/mol. The van der Waals surface area contributed by atoms with Crippen LogP contribution in [0, 0.1) is 6.92 Å². The minimum absolute atomic E-state index is 0.113. The van der Waals surface area contributed by atoms with Crippen LogP contribution in [0.3, 0.4) is 0 Å². The van der Waals surface area contributed by atoms with Crippen LogP contribution in [0.25, 0.3) is 11.3 Å². The third-order valence-corrected chi connectivity index (χ3v) is 3.24. The number of nitrogens with zero attached hydrogens (tertiary/aromatic N) is 1. The topological polar surface area (TPSA) is 38.1 Å². The van der Waals surface area contributed by atoms with Crippen molar-refractivity contribution in [3.05, 3.63) is 40.9 Å². The monoisotopic (exact) mass is 292 g/mol. The summed E-state index contributed by atoms with van der Waals surface area (Å²) in [6.45, 7) is 9.30. The Morgan fingerprint density at radius 2 is 2.05 bits per heavy atom. The van der Waals surface area contributed by atoms with Crippen molar-refractivity contribution >= 4 is 11.6 Å². The summed E-state index contributed by atoms with van der Waals surface area (Å²) < 4.78 is 5.81. The maximum Gasteiger partial charge on any atom is 0.196 e. The van der Waals surface area contributed by atoms with Crippen LogP contribution in [0.4, 0.5) is 0 Å². The lowest BCUT2D eigenvalue weighted by molar-refractivity contribution is 0.412. The van der Waals surface area contributed by atoms with Gasteiger partial charge in [0.2, 0.25) is 0 Å². The van der Waals surface area contributed by atoms with Crippen molar-refractivity contribution in [2.24, 2.45) is 0 Å². The highest BCUT2D eigenvalue weighted by molar-refractivity contribution is 6.30. The van der Waals surface area contributed by atoms with Gasteiger partial charge in [0.05, 0.1) is 6.20 Å². The second kappa shape index (κ2) is 5.98. The highest BCUT2D eigenvalue weighted by Gasteiger charge is 2.11. The van der Waals surface area contributed by atoms with Crippen LogP contribution >= 0.6 is 11.6 Å². The standard InChI is InChI=1S/C16H21ClN2O/c1-11-9-12(17)5-6-13(11)14-10-18-15(20-14)7-8-19-16(2,3)4/h5-6,9-10,19H,7-8H2,1-4H3. The van der Waals surface area contributed by atoms with Crippen molar-refractivity contribution in [3.63, 3.8) is 0 Å². The van der Waals surface area contributed by atoms with Crippen LogP contribution in [-0.4, -0.2) is 17.1 Å². The lowest BCUT2D eigenvalue weighted by atomic mass is 10.1. The highest BCUT2D eigenvalue weighted by Crippen LogP contribution is 2.26. The number of hydrogen-bond acceptors (Lipinski definition) is 3. The number of aromatic nitrogens is 1. The maximum atomic E-state index is 5.97. The van der Waals surface area contributed by atoms with E-state index in [1.54, 1.807) is 6.20 Å². The van der Waals surface area contributed by atoms with Gasteiger partial charge in [0, 0.05) is 29.1 Å². The quantitative estimate of drug-likeness (QED) is 0.916. The molecule has 2 rings (SSSR count). The van der Waals surface area contributed by atoms with Crippen molar-refractivity contribution in [2.45, 2.75) is 39.7 Å². The van der Waals surface area contributed by atoms with Gasteiger partial charge in [-0.25, -0.2) is 4.98 Å². The molecule has 0 aliphatic carbocycles. The number of halogens is 1. The lowest BCUT2D eigenvalue weighted by Crippen LogP contribution is -2.37. The van der Waals surface area contributed by atoms with Gasteiger partial charge >= 0.3 is 0 Å². The normalized spacial score (nSPS) is 11.8. The van der Waals surface area contributed by atoms with Gasteiger partial charge in [-0.15, -0.1) is 0 Å². The summed E-state index contributed by atoms with van der Waals surface area (Å²) in [4.78, 5) is 4.34. The molecule has 0 unspecified atom stereocenters. The summed E-state index contributed by atoms with van der Waals surface area (Å²) in [7, 11) is 0. The van der Waals surface area contributed by atoms with E-state index in [4.69, 9.17) is 16.0 Å². The minimum atomic E-state index is 0.113. The molecule has 0 radical (unpaired) electrons. The van der Waals surface area contributed by atoms with Crippen LogP contribution in [0.1, 0.15) is 32.2 Å². The maximum absolute atomic E-state index is 5.97. The molecular formula is C16H21ClN2O. The molecule has 0 amide bonds. The van der Waals surface area contributed by atoms with Gasteiger partial charge in [0.15, 0.2) is 11.7 Å². The summed E-state index contributed by atoms with van der Waals surface area (Å²) in [5.41, 5.74) is 2.24. The molecule has 0 aliphatic rings. The Kier molecular flexibility index (Phi) is 4.51. The molecule has 20 heavy (non-hydrogen) atoms. The van der Waals surface area contributed by atoms with Crippen LogP contribution in [0.15, 0.2) is 28.8 Å². The molecule has 2 aromatic rings. The van der Waals surface area contributed by atoms with Gasteiger partial charge < -0.3 is 9.73 Å². The fraction of sp³-hybridized carbons (Fsp3) is 0.438. The summed E-state index contributed by atoms with van der Waals surface area (Å²) in [5.74, 6) is 1.55. The van der Waals surface area contributed by atoms with Gasteiger partial charge in [0.25, 0.3) is 0 Å². The van der Waals surface area contributed by atoms with Crippen LogP contribution in [-0.2, 0) is 6.42 Å². The second-order valence-corrected chi connectivity index (χ2v) is 6.44. The number of aryl methyl sites for hydroxylation is 1. The molecule has 0 saturated carbocycles. The summed E-state index contributed by atoms with van der Waals surface area (Å²) >= 11 is 5.97. The molecular weight excluding hydrogens is 272 g/mol. The van der Waals surface area contributed by atoms with Gasteiger partial charge in [0.1, 0.15) is 0 Å². The Balaban J connectivity index is 2.05. The Morgan fingerprint density at radius 1 is 1.30 bits per heavy atom. The smallest absolute Gasteiger partial charge is 0.196 e. The number of rotatable bonds is 4. The van der Waals surface area contributed by atoms with Gasteiger partial charge in [-0.05, 0) is 51.5 Å². The van der Waals surface area contributed by atoms with Crippen molar-refractivity contribution < 1.29 is 4.42 Å². The first-order valence-corrected chi connectivity index (χ1v) is 7.19. The zero-order valence-electron chi connectivity index (χ0n) is 12.5. The first-order valence-electron chi connectivity index (χ1n) is 6.81. The molecule has 0 bridgehead atoms. The molecule has 0 saturated heterocycles. The van der Waals surface area contributed by atoms with Gasteiger partial charge in [-0.3, -0.25) is 0 Å². The number of benzene rings is 1. The van der Waals surface area contributed by atoms with E-state index in [1.807, 2.05) is 25.1 Å². The van der Waals surface area contributed by atoms with Crippen molar-refractivity contribution in [1.82, 2.24) is 10.3 Å². The predicted octanol–water partition coefficient (Wildman–Crippen LogP) is 4.23. The average Bonchev–Trinajstić information content (AvgIpc) is 2.75. The molecule has 0 spiro atoms. The van der Waals surface area contributed by atoms with Gasteiger partial charge in [-0.1, -0.05) is 11.6 Å². The van der Waals surface area contributed by atoms with Gasteiger partial charge in [-0.2, -0.15) is 0 Å². The molecule has 4 heteroatoms. The zero-order chi connectivity index (χ0) is 14.8. The zero-order valence-corrected chi connectivity index (χ0v) is 13.2. The molecule has 3 nitrogen and oxygen atoms in total. The van der Waals surface area contributed by atoms with Crippen LogP contribution < -0.4 is 5.32 Å². The fourth-order valence-electron chi connectivity index (χ4n) is 2.00. The molecule has 1 aromatic carbocycles.